The first-order chi connectivity index (χ1) is 13.3. The van der Waals surface area contributed by atoms with E-state index in [1.165, 1.54) is 4.90 Å². The van der Waals surface area contributed by atoms with Crippen LogP contribution in [0.15, 0.2) is 12.1 Å². The minimum absolute atomic E-state index is 0.0281. The van der Waals surface area contributed by atoms with Gasteiger partial charge in [0.15, 0.2) is 6.61 Å². The van der Waals surface area contributed by atoms with Crippen LogP contribution in [0, 0.1) is 32.6 Å². The maximum atomic E-state index is 12.4. The lowest BCUT2D eigenvalue weighted by Gasteiger charge is -2.19. The van der Waals surface area contributed by atoms with Gasteiger partial charge in [0, 0.05) is 12.1 Å². The molecule has 1 heterocycles. The molecule has 150 valence electrons. The Labute approximate surface area is 165 Å². The summed E-state index contributed by atoms with van der Waals surface area (Å²) in [7, 11) is 0. The van der Waals surface area contributed by atoms with Crippen LogP contribution >= 0.6 is 0 Å². The van der Waals surface area contributed by atoms with E-state index < -0.39 is 5.97 Å². The number of likely N-dealkylation sites (tertiary alicyclic amines) is 1. The maximum Gasteiger partial charge on any atom is 0.308 e. The number of ketones is 1. The highest BCUT2D eigenvalue weighted by Crippen LogP contribution is 2.37. The number of carbonyl (C=O) groups is 4. The molecule has 2 atom stereocenters. The Morgan fingerprint density at radius 3 is 2.14 bits per heavy atom. The second-order valence-corrected chi connectivity index (χ2v) is 7.91. The fraction of sp³-hybridized carbons (Fsp3) is 0.545. The smallest absolute Gasteiger partial charge is 0.308 e. The summed E-state index contributed by atoms with van der Waals surface area (Å²) < 4.78 is 5.09. The molecule has 2 aliphatic rings. The van der Waals surface area contributed by atoms with Gasteiger partial charge in [-0.2, -0.15) is 0 Å². The molecule has 0 aromatic heterocycles. The minimum Gasteiger partial charge on any atom is -0.457 e. The molecule has 0 bridgehead atoms. The van der Waals surface area contributed by atoms with Crippen LogP contribution in [0.3, 0.4) is 0 Å². The number of fused-ring (bicyclic) bond motifs is 1. The van der Waals surface area contributed by atoms with Crippen molar-refractivity contribution in [3.05, 3.63) is 34.4 Å². The fourth-order valence-corrected chi connectivity index (χ4v) is 4.21. The van der Waals surface area contributed by atoms with Crippen molar-refractivity contribution < 1.29 is 23.9 Å². The summed E-state index contributed by atoms with van der Waals surface area (Å²) in [4.78, 5) is 50.4. The summed E-state index contributed by atoms with van der Waals surface area (Å²) in [6.45, 7) is 5.45. The van der Waals surface area contributed by atoms with E-state index in [-0.39, 0.29) is 49.0 Å². The van der Waals surface area contributed by atoms with Crippen LogP contribution in [0.2, 0.25) is 0 Å². The van der Waals surface area contributed by atoms with Gasteiger partial charge in [-0.3, -0.25) is 24.1 Å². The van der Waals surface area contributed by atoms with E-state index >= 15 is 0 Å². The van der Waals surface area contributed by atoms with Crippen molar-refractivity contribution in [1.82, 2.24) is 4.90 Å². The van der Waals surface area contributed by atoms with E-state index in [1.54, 1.807) is 0 Å². The third kappa shape index (κ3) is 4.01. The van der Waals surface area contributed by atoms with Crippen molar-refractivity contribution in [2.24, 2.45) is 11.8 Å². The van der Waals surface area contributed by atoms with Crippen molar-refractivity contribution in [2.75, 3.05) is 13.2 Å². The second-order valence-electron chi connectivity index (χ2n) is 7.91. The molecule has 3 rings (SSSR count). The Balaban J connectivity index is 1.51. The van der Waals surface area contributed by atoms with Crippen LogP contribution < -0.4 is 0 Å². The lowest BCUT2D eigenvalue weighted by atomic mass is 9.81. The molecule has 6 heteroatoms. The largest absolute Gasteiger partial charge is 0.457 e. The van der Waals surface area contributed by atoms with Gasteiger partial charge in [-0.05, 0) is 56.4 Å². The van der Waals surface area contributed by atoms with Gasteiger partial charge in [0.25, 0.3) is 0 Å². The zero-order valence-corrected chi connectivity index (χ0v) is 16.7. The summed E-state index contributed by atoms with van der Waals surface area (Å²) in [6.07, 6.45) is 3.35. The number of Topliss-reactive ketones (excluding diaryl/α,β-unsaturated/α-hetero) is 1. The van der Waals surface area contributed by atoms with Gasteiger partial charge >= 0.3 is 5.97 Å². The Morgan fingerprint density at radius 1 is 0.964 bits per heavy atom. The third-order valence-electron chi connectivity index (χ3n) is 5.98. The van der Waals surface area contributed by atoms with E-state index in [2.05, 4.69) is 0 Å². The standard InChI is InChI=1S/C22H27NO5/c1-13-10-15(3)18(11-14(13)2)19(24)12-28-20(25)8-9-23-21(26)16-6-4-5-7-17(16)22(23)27/h10-11,16-17H,4-9,12H2,1-3H3/t16-,17+. The van der Waals surface area contributed by atoms with Crippen molar-refractivity contribution in [1.29, 1.82) is 0 Å². The van der Waals surface area contributed by atoms with E-state index in [0.717, 1.165) is 42.4 Å². The van der Waals surface area contributed by atoms with Crippen LogP contribution in [0.25, 0.3) is 0 Å². The molecule has 0 N–H and O–H groups in total. The average Bonchev–Trinajstić information content (AvgIpc) is 2.92. The Hall–Kier alpha value is -2.50. The number of hydrogen-bond donors (Lipinski definition) is 0. The van der Waals surface area contributed by atoms with E-state index in [4.69, 9.17) is 4.74 Å². The molecular weight excluding hydrogens is 358 g/mol. The van der Waals surface area contributed by atoms with Gasteiger partial charge in [-0.25, -0.2) is 0 Å². The van der Waals surface area contributed by atoms with Crippen LogP contribution in [0.4, 0.5) is 0 Å². The highest BCUT2D eigenvalue weighted by molar-refractivity contribution is 6.05. The van der Waals surface area contributed by atoms with Crippen molar-refractivity contribution in [2.45, 2.75) is 52.9 Å². The molecule has 1 aliphatic carbocycles. The summed E-state index contributed by atoms with van der Waals surface area (Å²) in [5.74, 6) is -1.59. The predicted octanol–water partition coefficient (Wildman–Crippen LogP) is 2.90. The summed E-state index contributed by atoms with van der Waals surface area (Å²) in [5, 5.41) is 0. The first-order valence-electron chi connectivity index (χ1n) is 9.91. The quantitative estimate of drug-likeness (QED) is 0.427. The number of amides is 2. The third-order valence-corrected chi connectivity index (χ3v) is 5.98. The van der Waals surface area contributed by atoms with E-state index in [9.17, 15) is 19.2 Å². The van der Waals surface area contributed by atoms with E-state index in [0.29, 0.717) is 5.56 Å². The summed E-state index contributed by atoms with van der Waals surface area (Å²) in [6, 6.07) is 3.75. The van der Waals surface area contributed by atoms with Crippen molar-refractivity contribution in [3.8, 4) is 0 Å². The first-order valence-corrected chi connectivity index (χ1v) is 9.91. The van der Waals surface area contributed by atoms with Gasteiger partial charge < -0.3 is 4.74 Å². The van der Waals surface area contributed by atoms with Crippen molar-refractivity contribution >= 4 is 23.6 Å². The highest BCUT2D eigenvalue weighted by Gasteiger charge is 2.47. The van der Waals surface area contributed by atoms with Crippen LogP contribution in [0.5, 0.6) is 0 Å². The molecule has 1 aliphatic heterocycles. The lowest BCUT2D eigenvalue weighted by Crippen LogP contribution is -2.33. The Morgan fingerprint density at radius 2 is 1.54 bits per heavy atom. The van der Waals surface area contributed by atoms with Crippen molar-refractivity contribution in [3.63, 3.8) is 0 Å². The molecule has 28 heavy (non-hydrogen) atoms. The highest BCUT2D eigenvalue weighted by atomic mass is 16.5. The molecule has 0 spiro atoms. The lowest BCUT2D eigenvalue weighted by molar-refractivity contribution is -0.145. The van der Waals surface area contributed by atoms with Gasteiger partial charge in [-0.1, -0.05) is 18.9 Å². The first kappa shape index (κ1) is 20.2. The van der Waals surface area contributed by atoms with Gasteiger partial charge in [0.05, 0.1) is 18.3 Å². The molecule has 2 amide bonds. The molecular formula is C22H27NO5. The predicted molar refractivity (Wildman–Crippen MR) is 103 cm³/mol. The van der Waals surface area contributed by atoms with Gasteiger partial charge in [-0.15, -0.1) is 0 Å². The molecule has 1 saturated carbocycles. The molecule has 0 unspecified atom stereocenters. The van der Waals surface area contributed by atoms with Crippen LogP contribution in [-0.2, 0) is 19.1 Å². The number of aryl methyl sites for hydroxylation is 3. The molecule has 6 nitrogen and oxygen atoms in total. The number of imide groups is 1. The topological polar surface area (TPSA) is 80.8 Å². The SMILES string of the molecule is Cc1cc(C)c(C(=O)COC(=O)CCN2C(=O)[C@H]3CCCC[C@H]3C2=O)cc1C. The number of nitrogens with zero attached hydrogens (tertiary/aromatic N) is 1. The van der Waals surface area contributed by atoms with E-state index in [1.807, 2.05) is 32.9 Å². The Bertz CT molecular complexity index is 804. The second kappa shape index (κ2) is 8.25. The fourth-order valence-electron chi connectivity index (χ4n) is 4.21. The number of carbonyl (C=O) groups excluding carboxylic acids is 4. The average molecular weight is 385 g/mol. The molecule has 2 fully saturated rings. The summed E-state index contributed by atoms with van der Waals surface area (Å²) >= 11 is 0. The molecule has 1 aromatic rings. The zero-order valence-electron chi connectivity index (χ0n) is 16.7. The number of benzene rings is 1. The van der Waals surface area contributed by atoms with Gasteiger partial charge in [0.2, 0.25) is 17.6 Å². The zero-order chi connectivity index (χ0) is 20.4. The molecule has 1 saturated heterocycles. The van der Waals surface area contributed by atoms with Gasteiger partial charge in [0.1, 0.15) is 0 Å². The normalized spacial score (nSPS) is 21.6. The number of esters is 1. The Kier molecular flexibility index (Phi) is 5.96. The summed E-state index contributed by atoms with van der Waals surface area (Å²) in [5.41, 5.74) is 3.50. The monoisotopic (exact) mass is 385 g/mol. The molecule has 1 aromatic carbocycles. The maximum absolute atomic E-state index is 12.4. The van der Waals surface area contributed by atoms with Crippen LogP contribution in [-0.4, -0.2) is 41.6 Å². The minimum atomic E-state index is -0.578. The number of ether oxygens (including phenoxy) is 1. The number of rotatable bonds is 6. The molecule has 0 radical (unpaired) electrons. The van der Waals surface area contributed by atoms with Crippen LogP contribution in [0.1, 0.15) is 59.2 Å². The number of hydrogen-bond acceptors (Lipinski definition) is 5.